The first kappa shape index (κ1) is 18.3. The third-order valence-electron chi connectivity index (χ3n) is 8.28. The summed E-state index contributed by atoms with van der Waals surface area (Å²) in [6, 6.07) is 0. The van der Waals surface area contributed by atoms with E-state index in [0.717, 1.165) is 25.7 Å². The van der Waals surface area contributed by atoms with E-state index in [4.69, 9.17) is 0 Å². The number of hydrogen-bond acceptors (Lipinski definition) is 4. The molecule has 6 unspecified atom stereocenters. The Morgan fingerprint density at radius 2 is 1.71 bits per heavy atom. The van der Waals surface area contributed by atoms with Crippen molar-refractivity contribution in [1.82, 2.24) is 0 Å². The Morgan fingerprint density at radius 1 is 1.08 bits per heavy atom. The van der Waals surface area contributed by atoms with Crippen molar-refractivity contribution < 1.29 is 20.1 Å². The van der Waals surface area contributed by atoms with Gasteiger partial charge in [0.15, 0.2) is 0 Å². The molecule has 24 heavy (non-hydrogen) atoms. The van der Waals surface area contributed by atoms with E-state index in [2.05, 4.69) is 20.8 Å². The fourth-order valence-electron chi connectivity index (χ4n) is 6.76. The smallest absolute Gasteiger partial charge is 0.138 e. The fourth-order valence-corrected chi connectivity index (χ4v) is 6.76. The van der Waals surface area contributed by atoms with Crippen LogP contribution in [0.1, 0.15) is 72.6 Å². The van der Waals surface area contributed by atoms with E-state index in [1.165, 1.54) is 0 Å². The minimum absolute atomic E-state index is 0.0179. The van der Waals surface area contributed by atoms with Crippen LogP contribution in [0.4, 0.5) is 0 Å². The highest BCUT2D eigenvalue weighted by Crippen LogP contribution is 2.65. The largest absolute Gasteiger partial charge is 0.394 e. The first-order valence-corrected chi connectivity index (χ1v) is 9.54. The third-order valence-corrected chi connectivity index (χ3v) is 8.28. The Bertz CT molecular complexity index is 530. The number of carbonyl (C=O) groups excluding carboxylic acids is 1. The van der Waals surface area contributed by atoms with Gasteiger partial charge in [-0.15, -0.1) is 0 Å². The summed E-state index contributed by atoms with van der Waals surface area (Å²) < 4.78 is 0. The van der Waals surface area contributed by atoms with Gasteiger partial charge in [0.2, 0.25) is 0 Å². The molecule has 3 aliphatic rings. The number of rotatable bonds is 2. The molecular weight excluding hydrogens is 304 g/mol. The zero-order valence-electron chi connectivity index (χ0n) is 15.6. The van der Waals surface area contributed by atoms with E-state index in [1.54, 1.807) is 0 Å². The minimum Gasteiger partial charge on any atom is -0.394 e. The molecule has 3 fully saturated rings. The zero-order valence-corrected chi connectivity index (χ0v) is 15.6. The topological polar surface area (TPSA) is 77.8 Å². The van der Waals surface area contributed by atoms with E-state index >= 15 is 0 Å². The lowest BCUT2D eigenvalue weighted by Gasteiger charge is -2.64. The van der Waals surface area contributed by atoms with Crippen LogP contribution >= 0.6 is 0 Å². The normalized spacial score (nSPS) is 49.2. The van der Waals surface area contributed by atoms with E-state index in [0.29, 0.717) is 31.0 Å². The molecule has 3 rings (SSSR count). The molecule has 0 aromatic rings. The summed E-state index contributed by atoms with van der Waals surface area (Å²) in [5, 5.41) is 31.2. The number of aliphatic hydroxyl groups excluding tert-OH is 2. The van der Waals surface area contributed by atoms with Gasteiger partial charge in [0.05, 0.1) is 18.3 Å². The van der Waals surface area contributed by atoms with Crippen LogP contribution in [0.2, 0.25) is 0 Å². The predicted octanol–water partition coefficient (Wildman–Crippen LogP) is 2.68. The Kier molecular flexibility index (Phi) is 4.22. The van der Waals surface area contributed by atoms with Crippen molar-refractivity contribution in [2.75, 3.05) is 6.61 Å². The van der Waals surface area contributed by atoms with Crippen molar-refractivity contribution in [3.05, 3.63) is 0 Å². The minimum atomic E-state index is -0.787. The second-order valence-corrected chi connectivity index (χ2v) is 9.97. The molecule has 0 bridgehead atoms. The number of fused-ring (bicyclic) bond motifs is 3. The molecule has 0 aromatic carbocycles. The summed E-state index contributed by atoms with van der Waals surface area (Å²) in [5.74, 6) is 0.866. The van der Waals surface area contributed by atoms with Crippen LogP contribution in [-0.4, -0.2) is 39.4 Å². The molecule has 3 aliphatic carbocycles. The first-order valence-electron chi connectivity index (χ1n) is 9.54. The summed E-state index contributed by atoms with van der Waals surface area (Å²) in [7, 11) is 0. The summed E-state index contributed by atoms with van der Waals surface area (Å²) in [6.45, 7) is 8.20. The van der Waals surface area contributed by atoms with Crippen LogP contribution in [0.25, 0.3) is 0 Å². The average Bonchev–Trinajstić information content (AvgIpc) is 2.49. The number of hydrogen-bond donors (Lipinski definition) is 3. The predicted molar refractivity (Wildman–Crippen MR) is 92.3 cm³/mol. The zero-order chi connectivity index (χ0) is 18.0. The molecule has 0 aromatic heterocycles. The molecule has 0 radical (unpaired) electrons. The van der Waals surface area contributed by atoms with Gasteiger partial charge in [0, 0.05) is 11.8 Å². The molecule has 4 nitrogen and oxygen atoms in total. The van der Waals surface area contributed by atoms with Crippen LogP contribution in [0, 0.1) is 28.1 Å². The van der Waals surface area contributed by atoms with Crippen LogP contribution in [0.15, 0.2) is 0 Å². The lowest BCUT2D eigenvalue weighted by molar-refractivity contribution is -0.217. The molecular formula is C20H34O4. The average molecular weight is 338 g/mol. The van der Waals surface area contributed by atoms with Crippen molar-refractivity contribution >= 4 is 5.78 Å². The maximum absolute atomic E-state index is 12.5. The molecule has 4 heteroatoms. The van der Waals surface area contributed by atoms with Gasteiger partial charge in [-0.2, -0.15) is 0 Å². The number of carbonyl (C=O) groups is 1. The van der Waals surface area contributed by atoms with Gasteiger partial charge in [0.1, 0.15) is 5.78 Å². The van der Waals surface area contributed by atoms with Crippen LogP contribution in [-0.2, 0) is 4.79 Å². The maximum atomic E-state index is 12.5. The number of Topliss-reactive ketones (excluding diaryl/α,β-unsaturated/α-hetero) is 1. The van der Waals surface area contributed by atoms with E-state index < -0.39 is 17.1 Å². The third kappa shape index (κ3) is 2.40. The lowest BCUT2D eigenvalue weighted by Crippen LogP contribution is -2.64. The van der Waals surface area contributed by atoms with Gasteiger partial charge in [-0.1, -0.05) is 27.7 Å². The van der Waals surface area contributed by atoms with Gasteiger partial charge in [0.25, 0.3) is 0 Å². The molecule has 3 N–H and O–H groups in total. The van der Waals surface area contributed by atoms with E-state index in [-0.39, 0.29) is 23.4 Å². The Balaban J connectivity index is 1.92. The number of ketones is 1. The Labute approximate surface area is 145 Å². The maximum Gasteiger partial charge on any atom is 0.138 e. The van der Waals surface area contributed by atoms with Gasteiger partial charge in [-0.05, 0) is 61.2 Å². The summed E-state index contributed by atoms with van der Waals surface area (Å²) in [4.78, 5) is 12.5. The van der Waals surface area contributed by atoms with Crippen LogP contribution in [0.5, 0.6) is 0 Å². The molecule has 3 saturated carbocycles. The first-order chi connectivity index (χ1) is 11.0. The lowest BCUT2D eigenvalue weighted by atomic mass is 9.41. The van der Waals surface area contributed by atoms with Crippen molar-refractivity contribution in [1.29, 1.82) is 0 Å². The fraction of sp³-hybridized carbons (Fsp3) is 0.950. The van der Waals surface area contributed by atoms with Crippen molar-refractivity contribution in [2.24, 2.45) is 28.1 Å². The van der Waals surface area contributed by atoms with Gasteiger partial charge >= 0.3 is 0 Å². The SMILES string of the molecule is CC1(C(O)CO)CCC2C(O)(CCC3C(C)(C)C(=O)CCC23C)C1. The monoisotopic (exact) mass is 338 g/mol. The van der Waals surface area contributed by atoms with Crippen molar-refractivity contribution in [3.63, 3.8) is 0 Å². The van der Waals surface area contributed by atoms with Gasteiger partial charge < -0.3 is 15.3 Å². The standard InChI is InChI=1S/C20H34O4/c1-17(2)13-6-10-20(24)12-18(3,16(23)11-21)8-5-14(20)19(13,4)9-7-15(17)22/h13-14,16,21,23-24H,5-12H2,1-4H3. The van der Waals surface area contributed by atoms with Crippen LogP contribution in [0.3, 0.4) is 0 Å². The quantitative estimate of drug-likeness (QED) is 0.723. The highest BCUT2D eigenvalue weighted by molar-refractivity contribution is 5.85. The van der Waals surface area contributed by atoms with Crippen LogP contribution < -0.4 is 0 Å². The Morgan fingerprint density at radius 3 is 2.33 bits per heavy atom. The van der Waals surface area contributed by atoms with Gasteiger partial charge in [-0.3, -0.25) is 4.79 Å². The molecule has 0 spiro atoms. The summed E-state index contributed by atoms with van der Waals surface area (Å²) >= 11 is 0. The highest BCUT2D eigenvalue weighted by atomic mass is 16.3. The van der Waals surface area contributed by atoms with E-state index in [9.17, 15) is 20.1 Å². The van der Waals surface area contributed by atoms with Crippen molar-refractivity contribution in [2.45, 2.75) is 84.3 Å². The summed E-state index contributed by atoms with van der Waals surface area (Å²) in [5.41, 5.74) is -1.54. The molecule has 6 atom stereocenters. The van der Waals surface area contributed by atoms with E-state index in [1.807, 2.05) is 6.92 Å². The highest BCUT2D eigenvalue weighted by Gasteiger charge is 2.64. The molecule has 0 heterocycles. The molecule has 0 saturated heterocycles. The second-order valence-electron chi connectivity index (χ2n) is 9.97. The second kappa shape index (κ2) is 5.52. The molecule has 138 valence electrons. The molecule has 0 aliphatic heterocycles. The van der Waals surface area contributed by atoms with Crippen molar-refractivity contribution in [3.8, 4) is 0 Å². The summed E-state index contributed by atoms with van der Waals surface area (Å²) in [6.07, 6.45) is 4.49. The van der Waals surface area contributed by atoms with Gasteiger partial charge in [-0.25, -0.2) is 0 Å². The molecule has 0 amide bonds. The number of aliphatic hydroxyl groups is 3. The Hall–Kier alpha value is -0.450.